The van der Waals surface area contributed by atoms with Crippen molar-refractivity contribution in [3.63, 3.8) is 0 Å². The predicted molar refractivity (Wildman–Crippen MR) is 106 cm³/mol. The van der Waals surface area contributed by atoms with Crippen LogP contribution in [0.4, 0.5) is 5.13 Å². The van der Waals surface area contributed by atoms with E-state index >= 15 is 0 Å². The Balaban J connectivity index is 1.42. The van der Waals surface area contributed by atoms with Crippen molar-refractivity contribution in [3.05, 3.63) is 54.2 Å². The molecule has 9 heteroatoms. The van der Waals surface area contributed by atoms with Crippen LogP contribution in [-0.4, -0.2) is 27.6 Å². The highest BCUT2D eigenvalue weighted by Crippen LogP contribution is 2.29. The molecule has 0 aliphatic rings. The van der Waals surface area contributed by atoms with Crippen LogP contribution in [0.1, 0.15) is 16.3 Å². The lowest BCUT2D eigenvalue weighted by Crippen LogP contribution is -2.10. The number of fused-ring (bicyclic) bond motifs is 1. The molecule has 0 unspecified atom stereocenters. The summed E-state index contributed by atoms with van der Waals surface area (Å²) in [7, 11) is 3.55. The average Bonchev–Trinajstić information content (AvgIpc) is 3.38. The standard InChI is InChI=1S/C18H16N4O3S2/c1-22-8-7-19-18(22)26-10-12-4-6-14(25-12)16(23)21-17-20-13-5-3-11(24-2)9-15(13)27-17/h3-9H,10H2,1-2H3,(H,20,21,23). The van der Waals surface area contributed by atoms with E-state index in [4.69, 9.17) is 9.15 Å². The molecule has 0 saturated carbocycles. The van der Waals surface area contributed by atoms with Gasteiger partial charge < -0.3 is 13.7 Å². The summed E-state index contributed by atoms with van der Waals surface area (Å²) in [6.45, 7) is 0. The molecule has 1 amide bonds. The second kappa shape index (κ2) is 7.45. The number of thiazole rings is 1. The third kappa shape index (κ3) is 3.83. The van der Waals surface area contributed by atoms with Crippen LogP contribution in [0, 0.1) is 0 Å². The lowest BCUT2D eigenvalue weighted by molar-refractivity contribution is 0.0995. The molecule has 0 spiro atoms. The Morgan fingerprint density at radius 1 is 1.37 bits per heavy atom. The van der Waals surface area contributed by atoms with Crippen molar-refractivity contribution in [3.8, 4) is 5.75 Å². The third-order valence-corrected chi connectivity index (χ3v) is 5.84. The SMILES string of the molecule is COc1ccc2nc(NC(=O)c3ccc(CSc4nccn4C)o3)sc2c1. The van der Waals surface area contributed by atoms with Crippen molar-refractivity contribution in [1.29, 1.82) is 0 Å². The smallest absolute Gasteiger partial charge is 0.293 e. The Kier molecular flexibility index (Phi) is 4.87. The third-order valence-electron chi connectivity index (χ3n) is 3.82. The van der Waals surface area contributed by atoms with E-state index in [2.05, 4.69) is 15.3 Å². The molecule has 138 valence electrons. The maximum atomic E-state index is 12.4. The topological polar surface area (TPSA) is 82.2 Å². The molecule has 0 saturated heterocycles. The van der Waals surface area contributed by atoms with Gasteiger partial charge in [-0.1, -0.05) is 23.1 Å². The van der Waals surface area contributed by atoms with Gasteiger partial charge in [0.15, 0.2) is 16.0 Å². The summed E-state index contributed by atoms with van der Waals surface area (Å²) in [6, 6.07) is 9.06. The predicted octanol–water partition coefficient (Wildman–Crippen LogP) is 4.18. The van der Waals surface area contributed by atoms with Gasteiger partial charge in [0, 0.05) is 19.4 Å². The molecule has 0 aliphatic carbocycles. The zero-order chi connectivity index (χ0) is 18.8. The average molecular weight is 400 g/mol. The summed E-state index contributed by atoms with van der Waals surface area (Å²) >= 11 is 2.93. The molecule has 4 aromatic rings. The Hall–Kier alpha value is -2.78. The van der Waals surface area contributed by atoms with Crippen molar-refractivity contribution in [2.45, 2.75) is 10.9 Å². The van der Waals surface area contributed by atoms with E-state index in [1.54, 1.807) is 37.2 Å². The number of carbonyl (C=O) groups excluding carboxylic acids is 1. The van der Waals surface area contributed by atoms with Gasteiger partial charge in [-0.25, -0.2) is 9.97 Å². The first-order valence-corrected chi connectivity index (χ1v) is 9.87. The number of methoxy groups -OCH3 is 1. The number of aryl methyl sites for hydroxylation is 1. The number of hydrogen-bond donors (Lipinski definition) is 1. The van der Waals surface area contributed by atoms with Gasteiger partial charge in [0.05, 0.1) is 23.1 Å². The van der Waals surface area contributed by atoms with Gasteiger partial charge in [-0.15, -0.1) is 0 Å². The molecular weight excluding hydrogens is 384 g/mol. The molecule has 0 aliphatic heterocycles. The van der Waals surface area contributed by atoms with E-state index in [1.165, 1.54) is 11.3 Å². The zero-order valence-electron chi connectivity index (χ0n) is 14.6. The molecule has 0 bridgehead atoms. The maximum Gasteiger partial charge on any atom is 0.293 e. The first kappa shape index (κ1) is 17.6. The lowest BCUT2D eigenvalue weighted by Gasteiger charge is -2.00. The van der Waals surface area contributed by atoms with Crippen molar-refractivity contribution < 1.29 is 13.9 Å². The van der Waals surface area contributed by atoms with Gasteiger partial charge >= 0.3 is 0 Å². The van der Waals surface area contributed by atoms with Crippen LogP contribution in [0.2, 0.25) is 0 Å². The number of amides is 1. The molecule has 4 rings (SSSR count). The molecule has 1 aromatic carbocycles. The van der Waals surface area contributed by atoms with Crippen LogP contribution in [0.15, 0.2) is 52.3 Å². The number of thioether (sulfide) groups is 1. The molecule has 3 heterocycles. The molecule has 3 aromatic heterocycles. The van der Waals surface area contributed by atoms with E-state index in [0.717, 1.165) is 21.1 Å². The van der Waals surface area contributed by atoms with Gasteiger partial charge in [0.1, 0.15) is 11.5 Å². The summed E-state index contributed by atoms with van der Waals surface area (Å²) in [5.41, 5.74) is 0.808. The van der Waals surface area contributed by atoms with Crippen LogP contribution in [-0.2, 0) is 12.8 Å². The van der Waals surface area contributed by atoms with E-state index < -0.39 is 0 Å². The Bertz CT molecular complexity index is 1100. The first-order valence-electron chi connectivity index (χ1n) is 8.07. The molecule has 27 heavy (non-hydrogen) atoms. The first-order chi connectivity index (χ1) is 13.1. The van der Waals surface area contributed by atoms with Crippen molar-refractivity contribution in [1.82, 2.24) is 14.5 Å². The van der Waals surface area contributed by atoms with E-state index in [9.17, 15) is 4.79 Å². The second-order valence-electron chi connectivity index (χ2n) is 5.68. The highest BCUT2D eigenvalue weighted by molar-refractivity contribution is 7.98. The summed E-state index contributed by atoms with van der Waals surface area (Å²) in [4.78, 5) is 21.1. The fourth-order valence-electron chi connectivity index (χ4n) is 2.45. The highest BCUT2D eigenvalue weighted by Gasteiger charge is 2.15. The number of nitrogens with zero attached hydrogens (tertiary/aromatic N) is 3. The number of hydrogen-bond acceptors (Lipinski definition) is 7. The second-order valence-corrected chi connectivity index (χ2v) is 7.66. The fourth-order valence-corrected chi connectivity index (χ4v) is 4.16. The van der Waals surface area contributed by atoms with Gasteiger partial charge in [-0.3, -0.25) is 10.1 Å². The number of benzene rings is 1. The van der Waals surface area contributed by atoms with Crippen LogP contribution in [0.3, 0.4) is 0 Å². The molecule has 0 radical (unpaired) electrons. The van der Waals surface area contributed by atoms with Gasteiger partial charge in [0.2, 0.25) is 0 Å². The van der Waals surface area contributed by atoms with Crippen molar-refractivity contribution in [2.24, 2.45) is 7.05 Å². The zero-order valence-corrected chi connectivity index (χ0v) is 16.3. The van der Waals surface area contributed by atoms with Crippen LogP contribution >= 0.6 is 23.1 Å². The molecule has 1 N–H and O–H groups in total. The normalized spacial score (nSPS) is 11.0. The summed E-state index contributed by atoms with van der Waals surface area (Å²) in [6.07, 6.45) is 3.63. The minimum Gasteiger partial charge on any atom is -0.497 e. The van der Waals surface area contributed by atoms with E-state index in [-0.39, 0.29) is 11.7 Å². The monoisotopic (exact) mass is 400 g/mol. The van der Waals surface area contributed by atoms with Crippen LogP contribution in [0.25, 0.3) is 10.2 Å². The maximum absolute atomic E-state index is 12.4. The number of anilines is 1. The minimum atomic E-state index is -0.325. The van der Waals surface area contributed by atoms with Gasteiger partial charge in [-0.2, -0.15) is 0 Å². The van der Waals surface area contributed by atoms with Crippen molar-refractivity contribution >= 4 is 44.4 Å². The lowest BCUT2D eigenvalue weighted by atomic mass is 10.3. The Morgan fingerprint density at radius 3 is 3.04 bits per heavy atom. The van der Waals surface area contributed by atoms with Gasteiger partial charge in [-0.05, 0) is 30.3 Å². The number of imidazole rings is 1. The number of aromatic nitrogens is 3. The Morgan fingerprint density at radius 2 is 2.26 bits per heavy atom. The number of nitrogens with one attached hydrogen (secondary N) is 1. The van der Waals surface area contributed by atoms with Crippen molar-refractivity contribution in [2.75, 3.05) is 12.4 Å². The molecular formula is C18H16N4O3S2. The number of ether oxygens (including phenoxy) is 1. The quantitative estimate of drug-likeness (QED) is 0.489. The summed E-state index contributed by atoms with van der Waals surface area (Å²) in [5.74, 6) is 1.99. The summed E-state index contributed by atoms with van der Waals surface area (Å²) < 4.78 is 13.7. The Labute approximate surface area is 163 Å². The van der Waals surface area contributed by atoms with Gasteiger partial charge in [0.25, 0.3) is 5.91 Å². The molecule has 7 nitrogen and oxygen atoms in total. The number of furan rings is 1. The minimum absolute atomic E-state index is 0.252. The molecule has 0 fully saturated rings. The van der Waals surface area contributed by atoms with Crippen LogP contribution in [0.5, 0.6) is 5.75 Å². The van der Waals surface area contributed by atoms with E-state index in [0.29, 0.717) is 16.6 Å². The number of carbonyl (C=O) groups is 1. The largest absolute Gasteiger partial charge is 0.497 e. The van der Waals surface area contributed by atoms with Crippen LogP contribution < -0.4 is 10.1 Å². The highest BCUT2D eigenvalue weighted by atomic mass is 32.2. The summed E-state index contributed by atoms with van der Waals surface area (Å²) in [5, 5.41) is 4.20. The number of rotatable bonds is 6. The molecule has 0 atom stereocenters. The fraction of sp³-hybridized carbons (Fsp3) is 0.167. The van der Waals surface area contributed by atoms with E-state index in [1.807, 2.05) is 36.0 Å².